The minimum Gasteiger partial charge on any atom is -0.324 e. The Balaban J connectivity index is 1.17. The second-order valence-corrected chi connectivity index (χ2v) is 13.8. The van der Waals surface area contributed by atoms with Gasteiger partial charge < -0.3 is 11.1 Å². The third-order valence-electron chi connectivity index (χ3n) is 11.2. The molecule has 2 heteroatoms. The second kappa shape index (κ2) is 13.8. The summed E-state index contributed by atoms with van der Waals surface area (Å²) in [7, 11) is 0. The third-order valence-corrected chi connectivity index (χ3v) is 11.2. The first-order valence-corrected chi connectivity index (χ1v) is 16.7. The van der Waals surface area contributed by atoms with Crippen LogP contribution in [0.1, 0.15) is 129 Å². The maximum absolute atomic E-state index is 8.86. The number of hydrogen-bond donors (Lipinski definition) is 2. The average molecular weight is 517 g/mol. The van der Waals surface area contributed by atoms with Crippen LogP contribution in [0.25, 0.3) is 0 Å². The Morgan fingerprint density at radius 3 is 2.50 bits per heavy atom. The van der Waals surface area contributed by atoms with Crippen molar-refractivity contribution in [2.75, 3.05) is 0 Å². The zero-order valence-electron chi connectivity index (χ0n) is 24.4. The molecule has 5 aliphatic carbocycles. The van der Waals surface area contributed by atoms with E-state index >= 15 is 0 Å². The van der Waals surface area contributed by atoms with Crippen LogP contribution in [0.5, 0.6) is 0 Å². The van der Waals surface area contributed by atoms with Crippen LogP contribution in [0.2, 0.25) is 0 Å². The molecule has 0 radical (unpaired) electrons. The minimum atomic E-state index is 0.156. The van der Waals surface area contributed by atoms with Crippen molar-refractivity contribution in [2.24, 2.45) is 41.2 Å². The van der Waals surface area contributed by atoms with E-state index in [-0.39, 0.29) is 6.04 Å². The first-order chi connectivity index (χ1) is 18.6. The number of nitrogens with two attached hydrogens (primary N) is 1. The van der Waals surface area contributed by atoms with Crippen LogP contribution >= 0.6 is 0 Å². The van der Waals surface area contributed by atoms with E-state index in [1.54, 1.807) is 11.1 Å². The standard InChI is InChI=1S/C36H56N2/c1-26(17-22-35(37)31-20-18-30(19-21-31)27-11-5-2-6-12-27)36(38)34-24-32(28-13-7-3-8-14-28)23-33(25-34)29-15-9-4-10-16-29/h5,11,13,20,25-27,29-30,32-33,36-37H,2-4,6-10,12,14-19,21-24,38H2,1H3/t26-,27?,30?,32?,33?,36?/m1/s1. The lowest BCUT2D eigenvalue weighted by atomic mass is 9.67. The van der Waals surface area contributed by atoms with Gasteiger partial charge in [0.1, 0.15) is 0 Å². The van der Waals surface area contributed by atoms with E-state index in [0.717, 1.165) is 54.6 Å². The van der Waals surface area contributed by atoms with Crippen molar-refractivity contribution in [2.45, 2.75) is 135 Å². The molecule has 0 aromatic carbocycles. The van der Waals surface area contributed by atoms with Crippen molar-refractivity contribution in [3.63, 3.8) is 0 Å². The average Bonchev–Trinajstić information content (AvgIpc) is 3.00. The molecule has 5 rings (SSSR count). The molecule has 0 heterocycles. The summed E-state index contributed by atoms with van der Waals surface area (Å²) in [5.74, 6) is 4.38. The molecule has 0 spiro atoms. The fraction of sp³-hybridized carbons (Fsp3) is 0.750. The van der Waals surface area contributed by atoms with Gasteiger partial charge in [-0.3, -0.25) is 0 Å². The van der Waals surface area contributed by atoms with Gasteiger partial charge in [0.25, 0.3) is 0 Å². The lowest BCUT2D eigenvalue weighted by molar-refractivity contribution is 0.240. The molecule has 1 fully saturated rings. The van der Waals surface area contributed by atoms with Gasteiger partial charge in [-0.2, -0.15) is 0 Å². The third kappa shape index (κ3) is 7.21. The highest BCUT2D eigenvalue weighted by Gasteiger charge is 2.33. The molecule has 3 N–H and O–H groups in total. The summed E-state index contributed by atoms with van der Waals surface area (Å²) in [5, 5.41) is 8.86. The van der Waals surface area contributed by atoms with Gasteiger partial charge in [-0.05, 0) is 144 Å². The predicted molar refractivity (Wildman–Crippen MR) is 163 cm³/mol. The van der Waals surface area contributed by atoms with E-state index in [2.05, 4.69) is 37.3 Å². The van der Waals surface area contributed by atoms with Gasteiger partial charge >= 0.3 is 0 Å². The topological polar surface area (TPSA) is 49.9 Å². The van der Waals surface area contributed by atoms with Crippen LogP contribution in [0, 0.1) is 40.9 Å². The summed E-state index contributed by atoms with van der Waals surface area (Å²) in [4.78, 5) is 0. The van der Waals surface area contributed by atoms with Crippen LogP contribution in [-0.2, 0) is 0 Å². The number of nitrogens with one attached hydrogen (secondary N) is 1. The number of hydrogen-bond acceptors (Lipinski definition) is 2. The SMILES string of the molecule is C[C@H](CCC(=N)C1=CCC(C2C=CCCC2)CC1)C(N)C1=CC(C2CCCCC2)CC(C2=CCCCC2)C1. The fourth-order valence-corrected chi connectivity index (χ4v) is 8.59. The summed E-state index contributed by atoms with van der Waals surface area (Å²) in [6.45, 7) is 2.36. The van der Waals surface area contributed by atoms with Crippen molar-refractivity contribution in [3.05, 3.63) is 47.1 Å². The monoisotopic (exact) mass is 516 g/mol. The molecule has 0 saturated heterocycles. The van der Waals surface area contributed by atoms with Gasteiger partial charge in [-0.25, -0.2) is 0 Å². The van der Waals surface area contributed by atoms with Crippen LogP contribution in [0.15, 0.2) is 47.1 Å². The maximum atomic E-state index is 8.86. The van der Waals surface area contributed by atoms with Gasteiger partial charge in [0, 0.05) is 11.8 Å². The Kier molecular flexibility index (Phi) is 10.2. The van der Waals surface area contributed by atoms with Crippen molar-refractivity contribution in [3.8, 4) is 0 Å². The van der Waals surface area contributed by atoms with Crippen LogP contribution in [-0.4, -0.2) is 11.8 Å². The molecule has 2 nitrogen and oxygen atoms in total. The summed E-state index contributed by atoms with van der Waals surface area (Å²) in [5.41, 5.74) is 12.6. The maximum Gasteiger partial charge on any atom is 0.0342 e. The van der Waals surface area contributed by atoms with E-state index in [9.17, 15) is 0 Å². The Labute approximate surface area is 234 Å². The Bertz CT molecular complexity index is 914. The van der Waals surface area contributed by atoms with Crippen molar-refractivity contribution in [1.82, 2.24) is 0 Å². The van der Waals surface area contributed by atoms with E-state index in [1.807, 2.05) is 0 Å². The highest BCUT2D eigenvalue weighted by Crippen LogP contribution is 2.44. The van der Waals surface area contributed by atoms with Gasteiger partial charge in [-0.15, -0.1) is 0 Å². The molecule has 5 unspecified atom stereocenters. The Morgan fingerprint density at radius 2 is 1.79 bits per heavy atom. The number of allylic oxidation sites excluding steroid dienone is 7. The van der Waals surface area contributed by atoms with E-state index in [0.29, 0.717) is 5.92 Å². The Morgan fingerprint density at radius 1 is 0.921 bits per heavy atom. The molecular formula is C36H56N2. The molecule has 0 bridgehead atoms. The summed E-state index contributed by atoms with van der Waals surface area (Å²) in [6.07, 6.45) is 37.1. The predicted octanol–water partition coefficient (Wildman–Crippen LogP) is 9.87. The molecule has 5 aliphatic rings. The molecule has 6 atom stereocenters. The lowest BCUT2D eigenvalue weighted by Gasteiger charge is -2.39. The highest BCUT2D eigenvalue weighted by atomic mass is 14.7. The molecule has 0 aromatic heterocycles. The van der Waals surface area contributed by atoms with Crippen molar-refractivity contribution < 1.29 is 0 Å². The lowest BCUT2D eigenvalue weighted by Crippen LogP contribution is -2.35. The van der Waals surface area contributed by atoms with Crippen molar-refractivity contribution in [1.29, 1.82) is 5.41 Å². The second-order valence-electron chi connectivity index (χ2n) is 13.8. The smallest absolute Gasteiger partial charge is 0.0342 e. The minimum absolute atomic E-state index is 0.156. The molecule has 210 valence electrons. The molecule has 0 aliphatic heterocycles. The summed E-state index contributed by atoms with van der Waals surface area (Å²) >= 11 is 0. The zero-order valence-corrected chi connectivity index (χ0v) is 24.4. The largest absolute Gasteiger partial charge is 0.324 e. The first-order valence-electron chi connectivity index (χ1n) is 16.7. The van der Waals surface area contributed by atoms with E-state index in [4.69, 9.17) is 11.1 Å². The molecule has 38 heavy (non-hydrogen) atoms. The zero-order chi connectivity index (χ0) is 26.3. The summed E-state index contributed by atoms with van der Waals surface area (Å²) in [6, 6.07) is 0.156. The van der Waals surface area contributed by atoms with Gasteiger partial charge in [-0.1, -0.05) is 67.7 Å². The van der Waals surface area contributed by atoms with Crippen molar-refractivity contribution >= 4 is 5.71 Å². The molecule has 1 saturated carbocycles. The molecular weight excluding hydrogens is 460 g/mol. The fourth-order valence-electron chi connectivity index (χ4n) is 8.59. The normalized spacial score (nSPS) is 32.6. The number of rotatable bonds is 9. The van der Waals surface area contributed by atoms with E-state index in [1.165, 1.54) is 108 Å². The highest BCUT2D eigenvalue weighted by molar-refractivity contribution is 5.97. The van der Waals surface area contributed by atoms with Gasteiger partial charge in [0.05, 0.1) is 0 Å². The summed E-state index contributed by atoms with van der Waals surface area (Å²) < 4.78 is 0. The molecule has 0 amide bonds. The van der Waals surface area contributed by atoms with Crippen LogP contribution in [0.4, 0.5) is 0 Å². The van der Waals surface area contributed by atoms with Crippen LogP contribution < -0.4 is 5.73 Å². The van der Waals surface area contributed by atoms with Gasteiger partial charge in [0.2, 0.25) is 0 Å². The quantitative estimate of drug-likeness (QED) is 0.232. The first kappa shape index (κ1) is 28.1. The molecule has 0 aromatic rings. The van der Waals surface area contributed by atoms with Crippen LogP contribution in [0.3, 0.4) is 0 Å². The van der Waals surface area contributed by atoms with Gasteiger partial charge in [0.15, 0.2) is 0 Å². The Hall–Kier alpha value is -1.41. The van der Waals surface area contributed by atoms with E-state index < -0.39 is 0 Å².